The van der Waals surface area contributed by atoms with Gasteiger partial charge in [0.2, 0.25) is 0 Å². The van der Waals surface area contributed by atoms with Crippen molar-refractivity contribution >= 4 is 5.69 Å². The lowest BCUT2D eigenvalue weighted by Gasteiger charge is -2.33. The first-order chi connectivity index (χ1) is 12.2. The van der Waals surface area contributed by atoms with Crippen LogP contribution in [0.4, 0.5) is 14.5 Å². The zero-order valence-electron chi connectivity index (χ0n) is 14.0. The molecule has 0 amide bonds. The highest BCUT2D eigenvalue weighted by atomic mass is 19.1. The van der Waals surface area contributed by atoms with Gasteiger partial charge in [0.25, 0.3) is 0 Å². The number of fused-ring (bicyclic) bond motifs is 3. The smallest absolute Gasteiger partial charge is 0.133 e. The molecular weight excluding hydrogens is 320 g/mol. The van der Waals surface area contributed by atoms with E-state index in [1.807, 2.05) is 12.1 Å². The summed E-state index contributed by atoms with van der Waals surface area (Å²) in [7, 11) is 0. The van der Waals surface area contributed by atoms with E-state index >= 15 is 0 Å². The highest BCUT2D eigenvalue weighted by Crippen LogP contribution is 2.47. The fourth-order valence-corrected chi connectivity index (χ4v) is 4.81. The number of nitrogens with zero attached hydrogens (tertiary/aromatic N) is 1. The van der Waals surface area contributed by atoms with Gasteiger partial charge in [-0.05, 0) is 53.9 Å². The van der Waals surface area contributed by atoms with E-state index < -0.39 is 11.6 Å². The van der Waals surface area contributed by atoms with E-state index in [9.17, 15) is 8.78 Å². The van der Waals surface area contributed by atoms with Crippen molar-refractivity contribution in [1.82, 2.24) is 10.6 Å². The van der Waals surface area contributed by atoms with E-state index in [-0.39, 0.29) is 5.56 Å². The third-order valence-electron chi connectivity index (χ3n) is 5.85. The van der Waals surface area contributed by atoms with Crippen LogP contribution in [0.2, 0.25) is 0 Å². The van der Waals surface area contributed by atoms with Gasteiger partial charge in [-0.25, -0.2) is 8.78 Å². The molecule has 3 heterocycles. The van der Waals surface area contributed by atoms with Gasteiger partial charge >= 0.3 is 0 Å². The average Bonchev–Trinajstić information content (AvgIpc) is 2.77. The van der Waals surface area contributed by atoms with Crippen molar-refractivity contribution in [2.24, 2.45) is 0 Å². The normalized spacial score (nSPS) is 24.6. The van der Waals surface area contributed by atoms with Crippen LogP contribution in [0.15, 0.2) is 30.3 Å². The summed E-state index contributed by atoms with van der Waals surface area (Å²) in [6.07, 6.45) is 1.11. The number of rotatable bonds is 1. The Morgan fingerprint density at radius 2 is 1.88 bits per heavy atom. The number of halogens is 2. The van der Waals surface area contributed by atoms with Crippen LogP contribution in [0.1, 0.15) is 23.5 Å². The molecule has 0 saturated carbocycles. The van der Waals surface area contributed by atoms with Crippen LogP contribution in [0, 0.1) is 11.6 Å². The second-order valence-electron chi connectivity index (χ2n) is 7.21. The molecule has 2 atom stereocenters. The van der Waals surface area contributed by atoms with Crippen molar-refractivity contribution in [1.29, 1.82) is 0 Å². The predicted octanol–water partition coefficient (Wildman–Crippen LogP) is 3.00. The molecule has 130 valence electrons. The van der Waals surface area contributed by atoms with Crippen molar-refractivity contribution in [3.8, 4) is 11.1 Å². The van der Waals surface area contributed by atoms with Crippen molar-refractivity contribution in [3.63, 3.8) is 0 Å². The van der Waals surface area contributed by atoms with Gasteiger partial charge in [0.15, 0.2) is 0 Å². The van der Waals surface area contributed by atoms with Crippen LogP contribution in [0.5, 0.6) is 0 Å². The van der Waals surface area contributed by atoms with Gasteiger partial charge < -0.3 is 15.5 Å². The molecule has 0 aliphatic carbocycles. The topological polar surface area (TPSA) is 27.3 Å². The van der Waals surface area contributed by atoms with Crippen LogP contribution < -0.4 is 15.5 Å². The molecule has 1 saturated heterocycles. The monoisotopic (exact) mass is 341 g/mol. The van der Waals surface area contributed by atoms with Crippen molar-refractivity contribution in [2.45, 2.75) is 24.9 Å². The van der Waals surface area contributed by atoms with Gasteiger partial charge in [-0.2, -0.15) is 0 Å². The summed E-state index contributed by atoms with van der Waals surface area (Å²) in [5.41, 5.74) is 4.44. The molecule has 3 nitrogen and oxygen atoms in total. The summed E-state index contributed by atoms with van der Waals surface area (Å²) in [5.74, 6) is -0.598. The highest BCUT2D eigenvalue weighted by molar-refractivity contribution is 5.76. The third kappa shape index (κ3) is 2.29. The van der Waals surface area contributed by atoms with Gasteiger partial charge in [-0.3, -0.25) is 0 Å². The van der Waals surface area contributed by atoms with Crippen LogP contribution in [0.3, 0.4) is 0 Å². The van der Waals surface area contributed by atoms with Crippen LogP contribution >= 0.6 is 0 Å². The minimum Gasteiger partial charge on any atom is -0.366 e. The number of nitrogens with one attached hydrogen (secondary N) is 2. The summed E-state index contributed by atoms with van der Waals surface area (Å²) < 4.78 is 28.7. The molecule has 2 N–H and O–H groups in total. The van der Waals surface area contributed by atoms with E-state index in [1.54, 1.807) is 0 Å². The number of piperidine rings is 1. The van der Waals surface area contributed by atoms with E-state index in [1.165, 1.54) is 29.4 Å². The SMILES string of the molecule is Fc1cccc(F)c1-c1cc2c3c(c1)[C@@H]1CNCC[C@@H]1N3CCNC2. The molecule has 2 aromatic carbocycles. The molecule has 5 rings (SSSR count). The first-order valence-corrected chi connectivity index (χ1v) is 9.03. The maximum atomic E-state index is 14.3. The Morgan fingerprint density at radius 1 is 1.04 bits per heavy atom. The Morgan fingerprint density at radius 3 is 2.72 bits per heavy atom. The van der Waals surface area contributed by atoms with Gasteiger partial charge in [0.1, 0.15) is 11.6 Å². The predicted molar refractivity (Wildman–Crippen MR) is 94.9 cm³/mol. The third-order valence-corrected chi connectivity index (χ3v) is 5.85. The van der Waals surface area contributed by atoms with Gasteiger partial charge in [-0.15, -0.1) is 0 Å². The molecule has 0 bridgehead atoms. The molecular formula is C20H21F2N3. The molecule has 5 heteroatoms. The van der Waals surface area contributed by atoms with Crippen LogP contribution in [-0.2, 0) is 6.54 Å². The molecule has 0 aromatic heterocycles. The Labute approximate surface area is 146 Å². The Balaban J connectivity index is 1.72. The van der Waals surface area contributed by atoms with Crippen LogP contribution in [0.25, 0.3) is 11.1 Å². The standard InChI is InChI=1S/C20H21F2N3/c21-16-2-1-3-17(22)19(16)12-8-13-10-24-6-7-25-18-4-5-23-11-15(18)14(9-12)20(13)25/h1-3,8-9,15,18,23-24H,4-7,10-11H2/t15-,18-/m0/s1. The van der Waals surface area contributed by atoms with E-state index in [4.69, 9.17) is 0 Å². The maximum Gasteiger partial charge on any atom is 0.133 e. The van der Waals surface area contributed by atoms with Crippen molar-refractivity contribution in [2.75, 3.05) is 31.1 Å². The Kier molecular flexibility index (Phi) is 3.54. The highest BCUT2D eigenvalue weighted by Gasteiger charge is 2.41. The molecule has 1 fully saturated rings. The van der Waals surface area contributed by atoms with E-state index in [0.717, 1.165) is 44.7 Å². The lowest BCUT2D eigenvalue weighted by atomic mass is 9.87. The second-order valence-corrected chi connectivity index (χ2v) is 7.21. The number of hydrogen-bond acceptors (Lipinski definition) is 3. The Hall–Kier alpha value is -1.98. The number of hydrogen-bond donors (Lipinski definition) is 2. The molecule has 3 aliphatic rings. The molecule has 25 heavy (non-hydrogen) atoms. The summed E-state index contributed by atoms with van der Waals surface area (Å²) in [4.78, 5) is 2.53. The number of benzene rings is 2. The minimum absolute atomic E-state index is 0.0876. The largest absolute Gasteiger partial charge is 0.366 e. The molecule has 3 aliphatic heterocycles. The summed E-state index contributed by atoms with van der Waals surface area (Å²) >= 11 is 0. The lowest BCUT2D eigenvalue weighted by Crippen LogP contribution is -2.45. The quantitative estimate of drug-likeness (QED) is 0.835. The zero-order chi connectivity index (χ0) is 17.0. The molecule has 0 unspecified atom stereocenters. The van der Waals surface area contributed by atoms with E-state index in [0.29, 0.717) is 17.5 Å². The first-order valence-electron chi connectivity index (χ1n) is 9.03. The number of anilines is 1. The maximum absolute atomic E-state index is 14.3. The Bertz CT molecular complexity index is 816. The van der Waals surface area contributed by atoms with Gasteiger partial charge in [0, 0.05) is 43.8 Å². The molecule has 0 radical (unpaired) electrons. The lowest BCUT2D eigenvalue weighted by molar-refractivity contribution is 0.402. The van der Waals surface area contributed by atoms with Gasteiger partial charge in [0.05, 0.1) is 5.56 Å². The fraction of sp³-hybridized carbons (Fsp3) is 0.400. The summed E-state index contributed by atoms with van der Waals surface area (Å²) in [6.45, 7) is 4.64. The first kappa shape index (κ1) is 15.3. The molecule has 2 aromatic rings. The van der Waals surface area contributed by atoms with Crippen molar-refractivity contribution in [3.05, 3.63) is 53.1 Å². The zero-order valence-corrected chi connectivity index (χ0v) is 14.0. The van der Waals surface area contributed by atoms with Gasteiger partial charge in [-0.1, -0.05) is 6.07 Å². The minimum atomic E-state index is -0.498. The second kappa shape index (κ2) is 5.78. The van der Waals surface area contributed by atoms with Crippen LogP contribution in [-0.4, -0.2) is 32.2 Å². The summed E-state index contributed by atoms with van der Waals surface area (Å²) in [5, 5.41) is 6.94. The van der Waals surface area contributed by atoms with Crippen molar-refractivity contribution < 1.29 is 8.78 Å². The fourth-order valence-electron chi connectivity index (χ4n) is 4.81. The average molecular weight is 341 g/mol. The summed E-state index contributed by atoms with van der Waals surface area (Å²) in [6, 6.07) is 8.57. The van der Waals surface area contributed by atoms with E-state index in [2.05, 4.69) is 15.5 Å². The molecule has 0 spiro atoms.